The van der Waals surface area contributed by atoms with Gasteiger partial charge in [-0.3, -0.25) is 9.69 Å². The molecule has 2 aromatic rings. The number of methoxy groups -OCH3 is 1. The molecule has 1 saturated heterocycles. The molecule has 192 valence electrons. The first-order valence-corrected chi connectivity index (χ1v) is 12.4. The van der Waals surface area contributed by atoms with Gasteiger partial charge >= 0.3 is 6.18 Å². The molecule has 0 radical (unpaired) electrons. The van der Waals surface area contributed by atoms with Crippen molar-refractivity contribution in [3.63, 3.8) is 0 Å². The summed E-state index contributed by atoms with van der Waals surface area (Å²) in [6.45, 7) is 5.00. The molecule has 1 aliphatic carbocycles. The predicted molar refractivity (Wildman–Crippen MR) is 135 cm³/mol. The zero-order chi connectivity index (χ0) is 25.8. The number of alkyl halides is 3. The summed E-state index contributed by atoms with van der Waals surface area (Å²) in [6.07, 6.45) is 1.96. The lowest BCUT2D eigenvalue weighted by Gasteiger charge is -2.54. The second-order valence-corrected chi connectivity index (χ2v) is 9.73. The highest BCUT2D eigenvalue weighted by atomic mass is 19.4. The zero-order valence-corrected chi connectivity index (χ0v) is 20.6. The van der Waals surface area contributed by atoms with Crippen molar-refractivity contribution in [3.05, 3.63) is 84.0 Å². The van der Waals surface area contributed by atoms with Gasteiger partial charge in [0.05, 0.1) is 13.3 Å². The van der Waals surface area contributed by atoms with E-state index < -0.39 is 23.8 Å². The third-order valence-electron chi connectivity index (χ3n) is 7.63. The van der Waals surface area contributed by atoms with Gasteiger partial charge in [0.15, 0.2) is 0 Å². The molecule has 2 fully saturated rings. The van der Waals surface area contributed by atoms with Crippen LogP contribution in [0.15, 0.2) is 72.8 Å². The predicted octanol–water partition coefficient (Wildman–Crippen LogP) is 6.10. The van der Waals surface area contributed by atoms with E-state index in [2.05, 4.69) is 22.9 Å². The monoisotopic (exact) mass is 498 g/mol. The number of nitrogens with zero attached hydrogens (tertiary/aromatic N) is 1. The smallest absolute Gasteiger partial charge is 0.421 e. The summed E-state index contributed by atoms with van der Waals surface area (Å²) in [6, 6.07) is 16.1. The van der Waals surface area contributed by atoms with Crippen molar-refractivity contribution in [2.45, 2.75) is 49.9 Å². The number of hydrogen-bond acceptors (Lipinski definition) is 3. The molecule has 1 N–H and O–H groups in total. The Morgan fingerprint density at radius 2 is 1.97 bits per heavy atom. The molecule has 0 bridgehead atoms. The summed E-state index contributed by atoms with van der Waals surface area (Å²) in [7, 11) is 1.63. The summed E-state index contributed by atoms with van der Waals surface area (Å²) in [4.78, 5) is 15.2. The summed E-state index contributed by atoms with van der Waals surface area (Å²) >= 11 is 0. The lowest BCUT2D eigenvalue weighted by Crippen LogP contribution is -2.61. The highest BCUT2D eigenvalue weighted by Gasteiger charge is 2.50. The van der Waals surface area contributed by atoms with Crippen molar-refractivity contribution in [1.82, 2.24) is 10.2 Å². The molecular formula is C29H33F3N2O2. The van der Waals surface area contributed by atoms with E-state index >= 15 is 0 Å². The van der Waals surface area contributed by atoms with E-state index in [-0.39, 0.29) is 5.41 Å². The van der Waals surface area contributed by atoms with Crippen LogP contribution in [0, 0.1) is 5.92 Å². The largest absolute Gasteiger partial charge is 0.497 e. The topological polar surface area (TPSA) is 41.6 Å². The van der Waals surface area contributed by atoms with Gasteiger partial charge in [-0.15, -0.1) is 6.58 Å². The van der Waals surface area contributed by atoms with Crippen LogP contribution in [0.1, 0.15) is 43.2 Å². The molecular weight excluding hydrogens is 465 g/mol. The Hall–Kier alpha value is -3.06. The van der Waals surface area contributed by atoms with Gasteiger partial charge in [0.1, 0.15) is 11.3 Å². The molecule has 1 aliphatic heterocycles. The minimum Gasteiger partial charge on any atom is -0.497 e. The van der Waals surface area contributed by atoms with Crippen LogP contribution in [0.5, 0.6) is 5.75 Å². The number of benzene rings is 2. The van der Waals surface area contributed by atoms with Crippen LogP contribution in [0.4, 0.5) is 13.2 Å². The third kappa shape index (κ3) is 5.51. The molecule has 7 heteroatoms. The van der Waals surface area contributed by atoms with Crippen LogP contribution >= 0.6 is 0 Å². The maximum absolute atomic E-state index is 14.0. The van der Waals surface area contributed by atoms with E-state index in [1.54, 1.807) is 43.5 Å². The Bertz CT molecular complexity index is 1100. The lowest BCUT2D eigenvalue weighted by atomic mass is 9.58. The van der Waals surface area contributed by atoms with E-state index in [0.29, 0.717) is 31.0 Å². The second kappa shape index (κ2) is 10.9. The number of likely N-dealkylation sites (tertiary alicyclic amines) is 1. The van der Waals surface area contributed by atoms with Crippen molar-refractivity contribution >= 4 is 12.0 Å². The van der Waals surface area contributed by atoms with Crippen molar-refractivity contribution in [1.29, 1.82) is 0 Å². The number of carbonyl (C=O) groups is 1. The molecule has 1 amide bonds. The number of halogens is 3. The Morgan fingerprint density at radius 1 is 1.19 bits per heavy atom. The van der Waals surface area contributed by atoms with Gasteiger partial charge in [0, 0.05) is 18.5 Å². The number of piperidine rings is 1. The molecule has 1 saturated carbocycles. The quantitative estimate of drug-likeness (QED) is 0.370. The van der Waals surface area contributed by atoms with Gasteiger partial charge < -0.3 is 10.1 Å². The van der Waals surface area contributed by atoms with E-state index in [1.165, 1.54) is 0 Å². The second-order valence-electron chi connectivity index (χ2n) is 9.73. The first kappa shape index (κ1) is 26.0. The molecule has 0 aromatic heterocycles. The SMILES string of the molecule is C=CCN1CC2CCCC[C@@]2(c2cccc(OC)c2)C[C@H]1NC(=O)C(=Cc1ccccc1)C(F)(F)F. The van der Waals surface area contributed by atoms with Crippen LogP contribution in [-0.2, 0) is 10.2 Å². The zero-order valence-electron chi connectivity index (χ0n) is 20.6. The standard InChI is InChI=1S/C29H33F3N2O2/c1-3-16-34-20-23-12-7-8-15-28(23,22-13-9-14-24(18-22)36-2)19-26(34)33-27(35)25(29(30,31)32)17-21-10-5-4-6-11-21/h3-6,9-11,13-14,17-18,23,26H,1,7-8,12,15-16,19-20H2,2H3,(H,33,35)/t23?,26-,28-/m0/s1. The molecule has 0 spiro atoms. The Labute approximate surface area is 210 Å². The molecule has 4 nitrogen and oxygen atoms in total. The van der Waals surface area contributed by atoms with E-state index in [1.807, 2.05) is 18.2 Å². The van der Waals surface area contributed by atoms with Gasteiger partial charge in [0.25, 0.3) is 5.91 Å². The average Bonchev–Trinajstić information content (AvgIpc) is 2.87. The van der Waals surface area contributed by atoms with Gasteiger partial charge in [-0.1, -0.05) is 61.4 Å². The molecule has 2 aliphatic rings. The molecule has 2 aromatic carbocycles. The fourth-order valence-electron chi connectivity index (χ4n) is 5.89. The van der Waals surface area contributed by atoms with Crippen molar-refractivity contribution < 1.29 is 22.7 Å². The van der Waals surface area contributed by atoms with Crippen LogP contribution in [-0.4, -0.2) is 43.3 Å². The molecule has 3 atom stereocenters. The molecule has 1 unspecified atom stereocenters. The number of fused-ring (bicyclic) bond motifs is 1. The van der Waals surface area contributed by atoms with Crippen LogP contribution in [0.2, 0.25) is 0 Å². The fourth-order valence-corrected chi connectivity index (χ4v) is 5.89. The Morgan fingerprint density at radius 3 is 2.67 bits per heavy atom. The number of rotatable bonds is 7. The minimum absolute atomic E-state index is 0.246. The molecule has 1 heterocycles. The number of nitrogens with one attached hydrogen (secondary N) is 1. The lowest BCUT2D eigenvalue weighted by molar-refractivity contribution is -0.133. The normalized spacial score (nSPS) is 25.1. The van der Waals surface area contributed by atoms with Gasteiger partial charge in [-0.05, 0) is 54.5 Å². The average molecular weight is 499 g/mol. The first-order valence-electron chi connectivity index (χ1n) is 12.4. The highest BCUT2D eigenvalue weighted by Crippen LogP contribution is 2.51. The van der Waals surface area contributed by atoms with Gasteiger partial charge in [-0.2, -0.15) is 13.2 Å². The van der Waals surface area contributed by atoms with E-state index in [9.17, 15) is 18.0 Å². The maximum Gasteiger partial charge on any atom is 0.421 e. The van der Waals surface area contributed by atoms with E-state index in [4.69, 9.17) is 4.74 Å². The highest BCUT2D eigenvalue weighted by molar-refractivity contribution is 5.99. The summed E-state index contributed by atoms with van der Waals surface area (Å²) in [5.41, 5.74) is 0.00404. The van der Waals surface area contributed by atoms with Gasteiger partial charge in [-0.25, -0.2) is 0 Å². The van der Waals surface area contributed by atoms with Crippen LogP contribution in [0.25, 0.3) is 6.08 Å². The van der Waals surface area contributed by atoms with Crippen molar-refractivity contribution in [3.8, 4) is 5.75 Å². The minimum atomic E-state index is -4.78. The van der Waals surface area contributed by atoms with E-state index in [0.717, 1.165) is 43.1 Å². The third-order valence-corrected chi connectivity index (χ3v) is 7.63. The van der Waals surface area contributed by atoms with Gasteiger partial charge in [0.2, 0.25) is 0 Å². The maximum atomic E-state index is 14.0. The fraction of sp³-hybridized carbons (Fsp3) is 0.414. The van der Waals surface area contributed by atoms with Crippen LogP contribution in [0.3, 0.4) is 0 Å². The van der Waals surface area contributed by atoms with Crippen molar-refractivity contribution in [2.75, 3.05) is 20.2 Å². The summed E-state index contributed by atoms with van der Waals surface area (Å²) in [5, 5.41) is 2.76. The summed E-state index contributed by atoms with van der Waals surface area (Å²) < 4.78 is 47.4. The number of hydrogen-bond donors (Lipinski definition) is 1. The number of carbonyl (C=O) groups excluding carboxylic acids is 1. The summed E-state index contributed by atoms with van der Waals surface area (Å²) in [5.74, 6) is -0.0284. The Balaban J connectivity index is 1.68. The molecule has 4 rings (SSSR count). The Kier molecular flexibility index (Phi) is 7.88. The van der Waals surface area contributed by atoms with Crippen LogP contribution < -0.4 is 10.1 Å². The van der Waals surface area contributed by atoms with Crippen molar-refractivity contribution in [2.24, 2.45) is 5.92 Å². The first-order chi connectivity index (χ1) is 17.3. The molecule has 36 heavy (non-hydrogen) atoms. The number of amides is 1. The number of ether oxygens (including phenoxy) is 1.